The molecule has 6 rings (SSSR count). The van der Waals surface area contributed by atoms with Gasteiger partial charge in [0.15, 0.2) is 0 Å². The van der Waals surface area contributed by atoms with E-state index in [-0.39, 0.29) is 21.4 Å². The predicted octanol–water partition coefficient (Wildman–Crippen LogP) is 12.4. The second-order valence-corrected chi connectivity index (χ2v) is 24.3. The predicted molar refractivity (Wildman–Crippen MR) is 198 cm³/mol. The van der Waals surface area contributed by atoms with Gasteiger partial charge in [0, 0.05) is 0 Å². The molecule has 47 heavy (non-hydrogen) atoms. The standard InChI is InChI=1S/C33H52Si.C2H4N6.2CH3.2ClH.Zr/c1-22(24-11-6-5-7-12-24)17-27-21-33(31-20-26-14-10-13-25(26)19-30(27)31)34(3,4)32-18-23(2)28-15-8-9-16-29(28)32;3-1-2-5-7-8-6-4;;;;;/h5-7,11-12,22-23,25-33H,8-10,13-21H2,1-4H3;2H2,(H2,4,5,8);2*1H3;2*1H;/q;;2*-1;;;+4/p-2. The summed E-state index contributed by atoms with van der Waals surface area (Å²) in [5.74, 6) is 13.8. The zero-order chi connectivity index (χ0) is 32.4. The van der Waals surface area contributed by atoms with Gasteiger partial charge in [-0.2, -0.15) is 10.4 Å². The van der Waals surface area contributed by atoms with Crippen LogP contribution in [-0.2, 0) is 20.8 Å². The van der Waals surface area contributed by atoms with Gasteiger partial charge in [0.2, 0.25) is 0 Å². The number of hydrogen-bond donors (Lipinski definition) is 1. The third-order valence-corrected chi connectivity index (χ3v) is 18.3. The summed E-state index contributed by atoms with van der Waals surface area (Å²) >= 11 is -0.826. The molecule has 0 spiro atoms. The zero-order valence-electron chi connectivity index (χ0n) is 30.0. The molecule has 0 heterocycles. The molecule has 5 saturated carbocycles. The van der Waals surface area contributed by atoms with Crippen molar-refractivity contribution < 1.29 is 20.8 Å². The average molecular weight is 781 g/mol. The van der Waals surface area contributed by atoms with Crippen molar-refractivity contribution in [3.63, 3.8) is 0 Å². The van der Waals surface area contributed by atoms with Crippen LogP contribution in [0.15, 0.2) is 51.1 Å². The molecule has 2 N–H and O–H groups in total. The summed E-state index contributed by atoms with van der Waals surface area (Å²) in [6.07, 6.45) is 18.8. The summed E-state index contributed by atoms with van der Waals surface area (Å²) in [5.41, 5.74) is 3.83. The topological polar surface area (TPSA) is 99.2 Å². The fraction of sp³-hybridized carbons (Fsp3) is 0.757. The molecule has 0 aromatic heterocycles. The summed E-state index contributed by atoms with van der Waals surface area (Å²) in [4.78, 5) is 0. The van der Waals surface area contributed by atoms with Crippen LogP contribution in [0.3, 0.4) is 0 Å². The molecule has 0 aliphatic heterocycles. The fourth-order valence-electron chi connectivity index (χ4n) is 11.4. The van der Waals surface area contributed by atoms with Crippen molar-refractivity contribution in [3.8, 4) is 6.07 Å². The first-order valence-corrected chi connectivity index (χ1v) is 27.1. The van der Waals surface area contributed by atoms with E-state index in [4.69, 9.17) is 22.3 Å². The molecule has 6 nitrogen and oxygen atoms in total. The van der Waals surface area contributed by atoms with E-state index < -0.39 is 28.9 Å². The summed E-state index contributed by atoms with van der Waals surface area (Å²) in [5, 5.41) is 19.8. The van der Waals surface area contributed by atoms with Crippen molar-refractivity contribution in [2.75, 3.05) is 6.54 Å². The first-order chi connectivity index (χ1) is 21.8. The van der Waals surface area contributed by atoms with Crippen molar-refractivity contribution in [2.24, 2.45) is 74.0 Å². The quantitative estimate of drug-likeness (QED) is 0.0744. The molecular weight excluding hydrogens is 719 g/mol. The Morgan fingerprint density at radius 3 is 2.09 bits per heavy atom. The Kier molecular flexibility index (Phi) is 18.9. The Bertz CT molecular complexity index is 1130. The first kappa shape index (κ1) is 42.6. The maximum absolute atomic E-state index is 7.86. The summed E-state index contributed by atoms with van der Waals surface area (Å²) in [7, 11) is 8.56. The third-order valence-electron chi connectivity index (χ3n) is 13.2. The van der Waals surface area contributed by atoms with E-state index in [9.17, 15) is 0 Å². The molecule has 0 saturated heterocycles. The Hall–Kier alpha value is -0.610. The zero-order valence-corrected chi connectivity index (χ0v) is 35.0. The van der Waals surface area contributed by atoms with E-state index in [1.807, 2.05) is 0 Å². The Labute approximate surface area is 307 Å². The summed E-state index contributed by atoms with van der Waals surface area (Å²) in [6.45, 7) is 11.0. The molecule has 5 aliphatic carbocycles. The van der Waals surface area contributed by atoms with Crippen LogP contribution in [0, 0.1) is 73.5 Å². The van der Waals surface area contributed by atoms with E-state index in [2.05, 4.69) is 83.9 Å². The number of benzene rings is 1. The van der Waals surface area contributed by atoms with E-state index in [0.717, 1.165) is 64.3 Å². The normalized spacial score (nSPS) is 34.5. The molecule has 5 fully saturated rings. The van der Waals surface area contributed by atoms with Crippen LogP contribution in [0.25, 0.3) is 0 Å². The number of rotatable bonds is 7. The van der Waals surface area contributed by atoms with E-state index >= 15 is 0 Å². The minimum absolute atomic E-state index is 0. The van der Waals surface area contributed by atoms with Crippen LogP contribution in [0.2, 0.25) is 24.2 Å². The van der Waals surface area contributed by atoms with Crippen molar-refractivity contribution in [3.05, 3.63) is 50.7 Å². The number of halogens is 2. The molecule has 0 bridgehead atoms. The molecule has 0 radical (unpaired) electrons. The van der Waals surface area contributed by atoms with Crippen molar-refractivity contribution in [1.82, 2.24) is 0 Å². The average Bonchev–Trinajstić information content (AvgIpc) is 3.75. The SMILES string of the molecule is CC(CC1CC([Si](C)(C)C2CC(C)C3CCCCC32)C2CC3CCCC3CC12)c1ccccc1.N#CCN=N/N=N/N.[CH3-].[CH3-].[Cl][Zr+2][Cl]. The number of hydrogen-bond acceptors (Lipinski definition) is 3. The van der Waals surface area contributed by atoms with E-state index in [1.165, 1.54) is 25.7 Å². The molecule has 262 valence electrons. The fourth-order valence-corrected chi connectivity index (χ4v) is 16.8. The van der Waals surface area contributed by atoms with Crippen LogP contribution in [0.5, 0.6) is 0 Å². The molecule has 5 aliphatic rings. The molecule has 10 heteroatoms. The number of fused-ring (bicyclic) bond motifs is 3. The number of nitrogens with two attached hydrogens (primary N) is 1. The summed E-state index contributed by atoms with van der Waals surface area (Å²) in [6, 6.07) is 13.2. The van der Waals surface area contributed by atoms with Crippen LogP contribution in [0.4, 0.5) is 0 Å². The van der Waals surface area contributed by atoms with Crippen LogP contribution in [0.1, 0.15) is 102 Å². The van der Waals surface area contributed by atoms with Crippen LogP contribution < -0.4 is 5.84 Å². The van der Waals surface area contributed by atoms with Crippen molar-refractivity contribution >= 4 is 25.1 Å². The van der Waals surface area contributed by atoms with Gasteiger partial charge in [0.1, 0.15) is 6.54 Å². The molecular formula is C37H62Cl2N6SiZr. The molecule has 11 unspecified atom stereocenters. The molecule has 0 amide bonds. The third kappa shape index (κ3) is 10.7. The van der Waals surface area contributed by atoms with Gasteiger partial charge in [0.25, 0.3) is 0 Å². The number of nitrogens with zero attached hydrogens (tertiary/aromatic N) is 5. The second-order valence-electron chi connectivity index (χ2n) is 15.5. The van der Waals surface area contributed by atoms with Gasteiger partial charge >= 0.3 is 37.9 Å². The van der Waals surface area contributed by atoms with E-state index in [1.54, 1.807) is 63.0 Å². The molecule has 1 aromatic carbocycles. The van der Waals surface area contributed by atoms with Crippen LogP contribution >= 0.6 is 17.0 Å². The van der Waals surface area contributed by atoms with Gasteiger partial charge in [-0.15, -0.1) is 0 Å². The van der Waals surface area contributed by atoms with Gasteiger partial charge in [-0.1, -0.05) is 101 Å². The number of nitriles is 1. The molecule has 1 aromatic rings. The second kappa shape index (κ2) is 20.9. The van der Waals surface area contributed by atoms with Crippen molar-refractivity contribution in [2.45, 2.75) is 121 Å². The van der Waals surface area contributed by atoms with Gasteiger partial charge in [-0.3, -0.25) is 0 Å². The van der Waals surface area contributed by atoms with Gasteiger partial charge in [0.05, 0.1) is 14.1 Å². The van der Waals surface area contributed by atoms with Gasteiger partial charge in [-0.25, -0.2) is 0 Å². The Morgan fingerprint density at radius 1 is 0.872 bits per heavy atom. The Morgan fingerprint density at radius 2 is 1.47 bits per heavy atom. The Balaban J connectivity index is 0.000000516. The maximum atomic E-state index is 7.86. The molecule has 11 atom stereocenters. The monoisotopic (exact) mass is 778 g/mol. The first-order valence-electron chi connectivity index (χ1n) is 17.6. The van der Waals surface area contributed by atoms with Gasteiger partial charge in [-0.05, 0) is 119 Å². The summed E-state index contributed by atoms with van der Waals surface area (Å²) < 4.78 is 0. The van der Waals surface area contributed by atoms with Gasteiger partial charge < -0.3 is 20.7 Å². The minimum atomic E-state index is -1.31. The van der Waals surface area contributed by atoms with Crippen LogP contribution in [-0.4, -0.2) is 14.6 Å². The van der Waals surface area contributed by atoms with E-state index in [0.29, 0.717) is 0 Å². The van der Waals surface area contributed by atoms with Crippen molar-refractivity contribution in [1.29, 1.82) is 5.26 Å².